The Labute approximate surface area is 198 Å². The third-order valence-corrected chi connectivity index (χ3v) is 7.91. The smallest absolute Gasteiger partial charge is 0.251 e. The van der Waals surface area contributed by atoms with Gasteiger partial charge in [-0.15, -0.1) is 10.2 Å². The molecule has 8 nitrogen and oxygen atoms in total. The summed E-state index contributed by atoms with van der Waals surface area (Å²) < 4.78 is 14.6. The molecule has 0 atom stereocenters. The molecule has 2 aliphatic heterocycles. The summed E-state index contributed by atoms with van der Waals surface area (Å²) in [4.78, 5) is 15.1. The van der Waals surface area contributed by atoms with Gasteiger partial charge in [-0.05, 0) is 57.1 Å². The van der Waals surface area contributed by atoms with Gasteiger partial charge < -0.3 is 19.7 Å². The first-order valence-corrected chi connectivity index (χ1v) is 13.3. The fourth-order valence-electron chi connectivity index (χ4n) is 5.12. The number of hydrogen-bond acceptors (Lipinski definition) is 7. The van der Waals surface area contributed by atoms with Gasteiger partial charge in [0.05, 0.1) is 5.75 Å². The molecule has 1 aromatic carbocycles. The quantitative estimate of drug-likeness (QED) is 0.611. The van der Waals surface area contributed by atoms with E-state index in [1.165, 1.54) is 37.4 Å². The number of piperidine rings is 1. The molecule has 1 N–H and O–H groups in total. The number of carbonyl (C=O) groups is 1. The summed E-state index contributed by atoms with van der Waals surface area (Å²) in [6.45, 7) is 2.09. The molecule has 1 aromatic heterocycles. The van der Waals surface area contributed by atoms with Gasteiger partial charge in [0, 0.05) is 43.7 Å². The van der Waals surface area contributed by atoms with E-state index >= 15 is 0 Å². The minimum absolute atomic E-state index is 0.0592. The lowest BCUT2D eigenvalue weighted by Gasteiger charge is -2.31. The number of fused-ring (bicyclic) bond motifs is 1. The van der Waals surface area contributed by atoms with Crippen molar-refractivity contribution in [1.29, 1.82) is 0 Å². The number of ether oxygens (including phenoxy) is 2. The summed E-state index contributed by atoms with van der Waals surface area (Å²) in [5, 5.41) is 12.8. The van der Waals surface area contributed by atoms with Gasteiger partial charge in [-0.3, -0.25) is 9.36 Å². The highest BCUT2D eigenvalue weighted by atomic mass is 32.2. The molecule has 1 saturated heterocycles. The molecule has 1 spiro atoms. The maximum absolute atomic E-state index is 12.7. The molecular formula is C24H31N5O3S. The highest BCUT2D eigenvalue weighted by Gasteiger charge is 2.42. The Morgan fingerprint density at radius 3 is 2.58 bits per heavy atom. The van der Waals surface area contributed by atoms with E-state index in [0.29, 0.717) is 11.8 Å². The lowest BCUT2D eigenvalue weighted by Crippen LogP contribution is -2.40. The van der Waals surface area contributed by atoms with Gasteiger partial charge in [-0.2, -0.15) is 0 Å². The summed E-state index contributed by atoms with van der Waals surface area (Å²) in [5.74, 6) is 2.21. The molecule has 2 aliphatic carbocycles. The van der Waals surface area contributed by atoms with E-state index in [0.717, 1.165) is 79.9 Å². The van der Waals surface area contributed by atoms with Crippen molar-refractivity contribution in [2.24, 2.45) is 0 Å². The van der Waals surface area contributed by atoms with Crippen molar-refractivity contribution in [3.63, 3.8) is 0 Å². The number of nitrogens with one attached hydrogen (secondary N) is 1. The lowest BCUT2D eigenvalue weighted by molar-refractivity contribution is -0.113. The molecule has 0 unspecified atom stereocenters. The van der Waals surface area contributed by atoms with Crippen LogP contribution in [0.25, 0.3) is 0 Å². The minimum atomic E-state index is -0.502. The van der Waals surface area contributed by atoms with Crippen LogP contribution in [0.1, 0.15) is 70.3 Å². The van der Waals surface area contributed by atoms with E-state index in [2.05, 4.69) is 25.0 Å². The van der Waals surface area contributed by atoms with Crippen molar-refractivity contribution in [1.82, 2.24) is 14.8 Å². The number of nitrogens with zero attached hydrogens (tertiary/aromatic N) is 4. The lowest BCUT2D eigenvalue weighted by atomic mass is 9.94. The van der Waals surface area contributed by atoms with E-state index < -0.39 is 5.79 Å². The first kappa shape index (κ1) is 21.1. The van der Waals surface area contributed by atoms with Gasteiger partial charge in [0.15, 0.2) is 16.7 Å². The molecule has 3 fully saturated rings. The van der Waals surface area contributed by atoms with Crippen molar-refractivity contribution in [2.75, 3.05) is 29.1 Å². The summed E-state index contributed by atoms with van der Waals surface area (Å²) in [6, 6.07) is 6.13. The number of aromatic nitrogens is 3. The van der Waals surface area contributed by atoms with E-state index in [4.69, 9.17) is 9.47 Å². The Bertz CT molecular complexity index is 1030. The summed E-state index contributed by atoms with van der Waals surface area (Å²) >= 11 is 1.47. The van der Waals surface area contributed by atoms with Crippen molar-refractivity contribution >= 4 is 29.3 Å². The number of hydrogen-bond donors (Lipinski definition) is 1. The second kappa shape index (κ2) is 8.74. The van der Waals surface area contributed by atoms with Crippen LogP contribution < -0.4 is 19.7 Å². The van der Waals surface area contributed by atoms with E-state index in [1.807, 2.05) is 18.2 Å². The van der Waals surface area contributed by atoms with Crippen molar-refractivity contribution in [2.45, 2.75) is 81.2 Å². The number of benzene rings is 1. The van der Waals surface area contributed by atoms with Crippen LogP contribution in [-0.4, -0.2) is 45.3 Å². The second-order valence-corrected chi connectivity index (χ2v) is 10.5. The minimum Gasteiger partial charge on any atom is -0.448 e. The number of anilines is 2. The molecule has 9 heteroatoms. The fraction of sp³-hybridized carbons (Fsp3) is 0.625. The number of carbonyl (C=O) groups excluding carboxylic acids is 1. The van der Waals surface area contributed by atoms with Crippen molar-refractivity contribution in [3.8, 4) is 11.5 Å². The Morgan fingerprint density at radius 2 is 1.79 bits per heavy atom. The fourth-order valence-corrected chi connectivity index (χ4v) is 5.92. The molecule has 1 amide bonds. The molecule has 4 aliphatic rings. The van der Waals surface area contributed by atoms with E-state index in [1.54, 1.807) is 0 Å². The SMILES string of the molecule is O=C(CSc1nnc(N2CCCCC2)n1C1CC1)Nc1ccc2c(c1)OC1(CCCCC1)O2. The highest BCUT2D eigenvalue weighted by molar-refractivity contribution is 7.99. The maximum Gasteiger partial charge on any atom is 0.251 e. The summed E-state index contributed by atoms with van der Waals surface area (Å²) in [6.07, 6.45) is 11.4. The Hall–Kier alpha value is -2.42. The number of amides is 1. The monoisotopic (exact) mass is 469 g/mol. The van der Waals surface area contributed by atoms with E-state index in [9.17, 15) is 4.79 Å². The zero-order chi connectivity index (χ0) is 22.3. The van der Waals surface area contributed by atoms with Crippen LogP contribution in [0.4, 0.5) is 11.6 Å². The molecular weight excluding hydrogens is 438 g/mol. The van der Waals surface area contributed by atoms with Gasteiger partial charge in [0.25, 0.3) is 5.79 Å². The zero-order valence-electron chi connectivity index (χ0n) is 18.9. The average molecular weight is 470 g/mol. The van der Waals surface area contributed by atoms with Crippen LogP contribution in [0.5, 0.6) is 11.5 Å². The van der Waals surface area contributed by atoms with Crippen LogP contribution in [0.2, 0.25) is 0 Å². The Morgan fingerprint density at radius 1 is 1.03 bits per heavy atom. The third-order valence-electron chi connectivity index (χ3n) is 6.96. The number of rotatable bonds is 6. The van der Waals surface area contributed by atoms with Crippen LogP contribution in [0.3, 0.4) is 0 Å². The molecule has 0 radical (unpaired) electrons. The molecule has 176 valence electrons. The maximum atomic E-state index is 12.7. The van der Waals surface area contributed by atoms with Crippen LogP contribution in [0.15, 0.2) is 23.4 Å². The van der Waals surface area contributed by atoms with Gasteiger partial charge in [0.2, 0.25) is 11.9 Å². The third kappa shape index (κ3) is 4.39. The van der Waals surface area contributed by atoms with E-state index in [-0.39, 0.29) is 5.91 Å². The van der Waals surface area contributed by atoms with Gasteiger partial charge >= 0.3 is 0 Å². The standard InChI is InChI=1S/C24H31N5O3S/c30-21(25-17-7-10-19-20(15-17)32-24(31-19)11-3-1-4-12-24)16-33-23-27-26-22(29(23)18-8-9-18)28-13-5-2-6-14-28/h7,10,15,18H,1-6,8-9,11-14,16H2,(H,25,30). The predicted octanol–water partition coefficient (Wildman–Crippen LogP) is 4.77. The molecule has 0 bridgehead atoms. The Kier molecular flexibility index (Phi) is 5.60. The largest absolute Gasteiger partial charge is 0.448 e. The molecule has 2 saturated carbocycles. The summed E-state index contributed by atoms with van der Waals surface area (Å²) in [7, 11) is 0. The topological polar surface area (TPSA) is 81.5 Å². The molecule has 6 rings (SSSR count). The highest BCUT2D eigenvalue weighted by Crippen LogP contribution is 2.46. The number of thioether (sulfide) groups is 1. The van der Waals surface area contributed by atoms with Crippen LogP contribution >= 0.6 is 11.8 Å². The van der Waals surface area contributed by atoms with Gasteiger partial charge in [0.1, 0.15) is 0 Å². The normalized spacial score (nSPS) is 21.4. The average Bonchev–Trinajstić information content (AvgIpc) is 3.49. The predicted molar refractivity (Wildman–Crippen MR) is 127 cm³/mol. The summed E-state index contributed by atoms with van der Waals surface area (Å²) in [5.41, 5.74) is 0.730. The van der Waals surface area contributed by atoms with Crippen LogP contribution in [0, 0.1) is 0 Å². The molecule has 33 heavy (non-hydrogen) atoms. The van der Waals surface area contributed by atoms with Gasteiger partial charge in [-0.1, -0.05) is 18.2 Å². The Balaban J connectivity index is 1.09. The molecule has 2 aromatic rings. The van der Waals surface area contributed by atoms with Crippen molar-refractivity contribution < 1.29 is 14.3 Å². The second-order valence-electron chi connectivity index (χ2n) is 9.61. The molecule has 3 heterocycles. The first-order valence-electron chi connectivity index (χ1n) is 12.3. The van der Waals surface area contributed by atoms with Gasteiger partial charge in [-0.25, -0.2) is 0 Å². The first-order chi connectivity index (χ1) is 16.2. The van der Waals surface area contributed by atoms with Crippen molar-refractivity contribution in [3.05, 3.63) is 18.2 Å². The zero-order valence-corrected chi connectivity index (χ0v) is 19.7. The van der Waals surface area contributed by atoms with Crippen LogP contribution in [-0.2, 0) is 4.79 Å².